The zero-order chi connectivity index (χ0) is 21.8. The number of anilines is 1. The van der Waals surface area contributed by atoms with Crippen LogP contribution in [0.2, 0.25) is 0 Å². The van der Waals surface area contributed by atoms with Crippen LogP contribution in [0.25, 0.3) is 5.70 Å². The van der Waals surface area contributed by atoms with E-state index in [2.05, 4.69) is 59.4 Å². The molecule has 0 saturated carbocycles. The highest BCUT2D eigenvalue weighted by Crippen LogP contribution is 2.26. The molecule has 0 spiro atoms. The number of ether oxygens (including phenoxy) is 1. The van der Waals surface area contributed by atoms with E-state index in [0.717, 1.165) is 69.1 Å². The normalized spacial score (nSPS) is 18.5. The third kappa shape index (κ3) is 5.40. The average molecular weight is 424 g/mol. The zero-order valence-electron chi connectivity index (χ0n) is 18.8. The van der Waals surface area contributed by atoms with E-state index in [1.54, 1.807) is 12.1 Å². The number of hydrogen-bond donors (Lipinski definition) is 0. The Balaban J connectivity index is 1.26. The first kappa shape index (κ1) is 21.7. The van der Waals surface area contributed by atoms with Crippen LogP contribution < -0.4 is 9.64 Å². The highest BCUT2D eigenvalue weighted by atomic mass is 19.1. The molecule has 4 rings (SSSR count). The van der Waals surface area contributed by atoms with E-state index in [9.17, 15) is 4.39 Å². The lowest BCUT2D eigenvalue weighted by molar-refractivity contribution is 0.0843. The highest BCUT2D eigenvalue weighted by Gasteiger charge is 2.22. The van der Waals surface area contributed by atoms with E-state index in [-0.39, 0.29) is 5.82 Å². The first-order valence-electron chi connectivity index (χ1n) is 11.4. The van der Waals surface area contributed by atoms with Crippen molar-refractivity contribution < 1.29 is 9.13 Å². The standard InChI is InChI=1S/C26H34FN3O/c1-20(2)28-14-12-26(13-15-28)31-25-10-8-24(9-11-25)30-18-16-29(17-19-30)21(3)22-4-6-23(27)7-5-22/h4-11,20,26H,3,12-19H2,1-2H3. The zero-order valence-corrected chi connectivity index (χ0v) is 18.8. The molecule has 2 saturated heterocycles. The molecule has 2 aliphatic heterocycles. The van der Waals surface area contributed by atoms with Gasteiger partial charge in [-0.3, -0.25) is 0 Å². The van der Waals surface area contributed by atoms with Gasteiger partial charge >= 0.3 is 0 Å². The van der Waals surface area contributed by atoms with Gasteiger partial charge in [-0.2, -0.15) is 0 Å². The number of piperidine rings is 1. The number of nitrogens with zero attached hydrogens (tertiary/aromatic N) is 3. The fourth-order valence-corrected chi connectivity index (χ4v) is 4.50. The van der Waals surface area contributed by atoms with Crippen LogP contribution in [0.1, 0.15) is 32.3 Å². The predicted octanol–water partition coefficient (Wildman–Crippen LogP) is 4.87. The van der Waals surface area contributed by atoms with Gasteiger partial charge in [0.2, 0.25) is 0 Å². The molecule has 166 valence electrons. The average Bonchev–Trinajstić information content (AvgIpc) is 2.80. The van der Waals surface area contributed by atoms with Crippen molar-refractivity contribution in [3.05, 3.63) is 66.5 Å². The Morgan fingerprint density at radius 1 is 0.903 bits per heavy atom. The van der Waals surface area contributed by atoms with Gasteiger partial charge in [0.1, 0.15) is 17.7 Å². The fraction of sp³-hybridized carbons (Fsp3) is 0.462. The molecule has 2 aromatic rings. The number of benzene rings is 2. The van der Waals surface area contributed by atoms with Crippen molar-refractivity contribution >= 4 is 11.4 Å². The van der Waals surface area contributed by atoms with Crippen LogP contribution in [0.4, 0.5) is 10.1 Å². The van der Waals surface area contributed by atoms with Gasteiger partial charge < -0.3 is 19.4 Å². The summed E-state index contributed by atoms with van der Waals surface area (Å²) in [6.45, 7) is 14.7. The van der Waals surface area contributed by atoms with Gasteiger partial charge in [0.05, 0.1) is 0 Å². The molecule has 0 aliphatic carbocycles. The first-order valence-corrected chi connectivity index (χ1v) is 11.4. The Kier molecular flexibility index (Phi) is 6.81. The smallest absolute Gasteiger partial charge is 0.123 e. The molecule has 2 aliphatic rings. The van der Waals surface area contributed by atoms with Gasteiger partial charge in [-0.15, -0.1) is 0 Å². The summed E-state index contributed by atoms with van der Waals surface area (Å²) in [4.78, 5) is 7.21. The molecular weight excluding hydrogens is 389 g/mol. The summed E-state index contributed by atoms with van der Waals surface area (Å²) < 4.78 is 19.4. The van der Waals surface area contributed by atoms with Crippen molar-refractivity contribution in [2.75, 3.05) is 44.2 Å². The molecular formula is C26H34FN3O. The van der Waals surface area contributed by atoms with Crippen molar-refractivity contribution in [3.63, 3.8) is 0 Å². The molecule has 2 fully saturated rings. The third-order valence-corrected chi connectivity index (χ3v) is 6.55. The van der Waals surface area contributed by atoms with Gasteiger partial charge in [-0.1, -0.05) is 18.7 Å². The maximum atomic E-state index is 13.2. The second-order valence-electron chi connectivity index (χ2n) is 8.87. The number of piperazine rings is 1. The van der Waals surface area contributed by atoms with E-state index in [4.69, 9.17) is 4.74 Å². The van der Waals surface area contributed by atoms with Crippen LogP contribution in [-0.2, 0) is 0 Å². The third-order valence-electron chi connectivity index (χ3n) is 6.55. The molecule has 0 amide bonds. The van der Waals surface area contributed by atoms with Crippen molar-refractivity contribution in [1.29, 1.82) is 0 Å². The van der Waals surface area contributed by atoms with Crippen molar-refractivity contribution in [2.24, 2.45) is 0 Å². The SMILES string of the molecule is C=C(c1ccc(F)cc1)N1CCN(c2ccc(OC3CCN(C(C)C)CC3)cc2)CC1. The van der Waals surface area contributed by atoms with Crippen LogP contribution in [0, 0.1) is 5.82 Å². The largest absolute Gasteiger partial charge is 0.490 e. The van der Waals surface area contributed by atoms with Crippen LogP contribution in [0.3, 0.4) is 0 Å². The second kappa shape index (κ2) is 9.73. The minimum Gasteiger partial charge on any atom is -0.490 e. The lowest BCUT2D eigenvalue weighted by Gasteiger charge is -2.38. The summed E-state index contributed by atoms with van der Waals surface area (Å²) in [6, 6.07) is 15.8. The number of hydrogen-bond acceptors (Lipinski definition) is 4. The molecule has 31 heavy (non-hydrogen) atoms. The first-order chi connectivity index (χ1) is 15.0. The maximum absolute atomic E-state index is 13.2. The Hall–Kier alpha value is -2.53. The minimum atomic E-state index is -0.213. The summed E-state index contributed by atoms with van der Waals surface area (Å²) in [5, 5.41) is 0. The predicted molar refractivity (Wildman–Crippen MR) is 126 cm³/mol. The molecule has 5 heteroatoms. The lowest BCUT2D eigenvalue weighted by atomic mass is 10.1. The monoisotopic (exact) mass is 423 g/mol. The van der Waals surface area contributed by atoms with Gasteiger partial charge in [-0.05, 0) is 68.7 Å². The van der Waals surface area contributed by atoms with Crippen molar-refractivity contribution in [1.82, 2.24) is 9.80 Å². The van der Waals surface area contributed by atoms with Crippen LogP contribution in [0.15, 0.2) is 55.1 Å². The Morgan fingerprint density at radius 3 is 2.10 bits per heavy atom. The summed E-state index contributed by atoms with van der Waals surface area (Å²) in [5.41, 5.74) is 3.18. The highest BCUT2D eigenvalue weighted by molar-refractivity contribution is 5.62. The minimum absolute atomic E-state index is 0.213. The van der Waals surface area contributed by atoms with Crippen molar-refractivity contribution in [2.45, 2.75) is 38.8 Å². The Labute approximate surface area is 185 Å². The summed E-state index contributed by atoms with van der Waals surface area (Å²) in [6.07, 6.45) is 2.52. The fourth-order valence-electron chi connectivity index (χ4n) is 4.50. The summed E-state index contributed by atoms with van der Waals surface area (Å²) in [5.74, 6) is 0.755. The molecule has 0 N–H and O–H groups in total. The van der Waals surface area contributed by atoms with Crippen LogP contribution in [0.5, 0.6) is 5.75 Å². The van der Waals surface area contributed by atoms with E-state index < -0.39 is 0 Å². The second-order valence-corrected chi connectivity index (χ2v) is 8.87. The summed E-state index contributed by atoms with van der Waals surface area (Å²) >= 11 is 0. The molecule has 4 nitrogen and oxygen atoms in total. The van der Waals surface area contributed by atoms with E-state index in [1.165, 1.54) is 17.8 Å². The number of likely N-dealkylation sites (tertiary alicyclic amines) is 1. The van der Waals surface area contributed by atoms with Crippen molar-refractivity contribution in [3.8, 4) is 5.75 Å². The van der Waals surface area contributed by atoms with Crippen LogP contribution >= 0.6 is 0 Å². The molecule has 0 aromatic heterocycles. The molecule has 0 radical (unpaired) electrons. The number of halogens is 1. The van der Waals surface area contributed by atoms with Gasteiger partial charge in [0, 0.05) is 56.7 Å². The van der Waals surface area contributed by atoms with E-state index in [0.29, 0.717) is 12.1 Å². The van der Waals surface area contributed by atoms with Gasteiger partial charge in [0.15, 0.2) is 0 Å². The lowest BCUT2D eigenvalue weighted by Crippen LogP contribution is -2.45. The van der Waals surface area contributed by atoms with E-state index >= 15 is 0 Å². The van der Waals surface area contributed by atoms with Crippen LogP contribution in [-0.4, -0.2) is 61.2 Å². The molecule has 2 heterocycles. The molecule has 0 unspecified atom stereocenters. The maximum Gasteiger partial charge on any atom is 0.123 e. The van der Waals surface area contributed by atoms with E-state index in [1.807, 2.05) is 0 Å². The van der Waals surface area contributed by atoms with Gasteiger partial charge in [-0.25, -0.2) is 4.39 Å². The molecule has 2 aromatic carbocycles. The quantitative estimate of drug-likeness (QED) is 0.660. The molecule has 0 bridgehead atoms. The molecule has 0 atom stereocenters. The topological polar surface area (TPSA) is 19.0 Å². The summed E-state index contributed by atoms with van der Waals surface area (Å²) in [7, 11) is 0. The van der Waals surface area contributed by atoms with Gasteiger partial charge in [0.25, 0.3) is 0 Å². The Bertz CT molecular complexity index is 849. The Morgan fingerprint density at radius 2 is 1.52 bits per heavy atom. The number of rotatable bonds is 6.